The standard InChI is InChI=1S/C23H32N2O3/c1-13(25-21(27)18-5-3-4-6-19(18)22(25)28)20(26)24-14(2)23-10-15-7-16(11-23)9-17(8-15)12-23/h3-4,13-19H,5-12H2,1-2H3,(H,24,26)/t13-,14-,15?,16?,17?,18-,19+,23?/m0/s1. The van der Waals surface area contributed by atoms with E-state index in [1.165, 1.54) is 43.4 Å². The molecule has 0 aromatic rings. The molecule has 0 aromatic carbocycles. The summed E-state index contributed by atoms with van der Waals surface area (Å²) < 4.78 is 0. The van der Waals surface area contributed by atoms with Gasteiger partial charge in [0.2, 0.25) is 17.7 Å². The minimum absolute atomic E-state index is 0.104. The average Bonchev–Trinajstić information content (AvgIpc) is 2.91. The topological polar surface area (TPSA) is 66.5 Å². The van der Waals surface area contributed by atoms with E-state index in [0.717, 1.165) is 17.8 Å². The lowest BCUT2D eigenvalue weighted by Crippen LogP contribution is -2.58. The van der Waals surface area contributed by atoms with Crippen molar-refractivity contribution in [3.05, 3.63) is 12.2 Å². The van der Waals surface area contributed by atoms with Gasteiger partial charge in [0.25, 0.3) is 0 Å². The van der Waals surface area contributed by atoms with Crippen molar-refractivity contribution in [3.8, 4) is 0 Å². The Morgan fingerprint density at radius 1 is 0.964 bits per heavy atom. The lowest BCUT2D eigenvalue weighted by atomic mass is 9.48. The summed E-state index contributed by atoms with van der Waals surface area (Å²) in [7, 11) is 0. The van der Waals surface area contributed by atoms with Crippen molar-refractivity contribution in [2.24, 2.45) is 35.0 Å². The number of likely N-dealkylation sites (tertiary alicyclic amines) is 1. The van der Waals surface area contributed by atoms with Gasteiger partial charge in [-0.3, -0.25) is 19.3 Å². The predicted molar refractivity (Wildman–Crippen MR) is 105 cm³/mol. The minimum Gasteiger partial charge on any atom is -0.351 e. The van der Waals surface area contributed by atoms with E-state index in [0.29, 0.717) is 12.8 Å². The molecule has 0 spiro atoms. The molecule has 4 atom stereocenters. The molecule has 0 radical (unpaired) electrons. The normalized spacial score (nSPS) is 43.2. The first-order valence-corrected chi connectivity index (χ1v) is 11.2. The zero-order valence-electron chi connectivity index (χ0n) is 17.0. The van der Waals surface area contributed by atoms with Gasteiger partial charge < -0.3 is 5.32 Å². The molecule has 4 saturated carbocycles. The highest BCUT2D eigenvalue weighted by Gasteiger charge is 2.54. The van der Waals surface area contributed by atoms with Gasteiger partial charge >= 0.3 is 0 Å². The van der Waals surface area contributed by atoms with Crippen molar-refractivity contribution in [1.29, 1.82) is 0 Å². The van der Waals surface area contributed by atoms with E-state index >= 15 is 0 Å². The third-order valence-electron chi connectivity index (χ3n) is 8.67. The molecule has 4 bridgehead atoms. The van der Waals surface area contributed by atoms with Crippen LogP contribution in [-0.2, 0) is 14.4 Å². The van der Waals surface area contributed by atoms with E-state index in [1.54, 1.807) is 6.92 Å². The zero-order chi connectivity index (χ0) is 19.6. The summed E-state index contributed by atoms with van der Waals surface area (Å²) in [6, 6.07) is -0.616. The van der Waals surface area contributed by atoms with Gasteiger partial charge in [0.05, 0.1) is 11.8 Å². The van der Waals surface area contributed by atoms with E-state index in [-0.39, 0.29) is 41.0 Å². The highest BCUT2D eigenvalue weighted by molar-refractivity contribution is 6.08. The Bertz CT molecular complexity index is 681. The quantitative estimate of drug-likeness (QED) is 0.598. The molecule has 6 aliphatic rings. The number of carbonyl (C=O) groups is 3. The molecule has 1 aliphatic heterocycles. The first-order valence-electron chi connectivity index (χ1n) is 11.2. The van der Waals surface area contributed by atoms with Gasteiger partial charge in [-0.15, -0.1) is 0 Å². The van der Waals surface area contributed by atoms with Crippen molar-refractivity contribution >= 4 is 17.7 Å². The zero-order valence-corrected chi connectivity index (χ0v) is 17.0. The fourth-order valence-corrected chi connectivity index (χ4v) is 7.52. The summed E-state index contributed by atoms with van der Waals surface area (Å²) in [5, 5.41) is 3.24. The number of hydrogen-bond acceptors (Lipinski definition) is 3. The molecule has 1 heterocycles. The third-order valence-corrected chi connectivity index (χ3v) is 8.67. The second-order valence-corrected chi connectivity index (χ2v) is 10.4. The van der Waals surface area contributed by atoms with Gasteiger partial charge in [-0.25, -0.2) is 0 Å². The number of hydrogen-bond donors (Lipinski definition) is 1. The molecule has 152 valence electrons. The maximum Gasteiger partial charge on any atom is 0.243 e. The van der Waals surface area contributed by atoms with E-state index in [2.05, 4.69) is 12.2 Å². The Hall–Kier alpha value is -1.65. The number of fused-ring (bicyclic) bond motifs is 1. The van der Waals surface area contributed by atoms with Crippen molar-refractivity contribution in [2.75, 3.05) is 0 Å². The van der Waals surface area contributed by atoms with Gasteiger partial charge in [0.15, 0.2) is 0 Å². The van der Waals surface area contributed by atoms with Crippen molar-refractivity contribution in [2.45, 2.75) is 77.3 Å². The molecule has 5 heteroatoms. The number of imide groups is 1. The molecule has 0 aromatic heterocycles. The van der Waals surface area contributed by atoms with Crippen molar-refractivity contribution < 1.29 is 14.4 Å². The molecule has 1 N–H and O–H groups in total. The Kier molecular flexibility index (Phi) is 4.22. The first kappa shape index (κ1) is 18.4. The Morgan fingerprint density at radius 3 is 1.89 bits per heavy atom. The maximum atomic E-state index is 13.1. The number of nitrogens with one attached hydrogen (secondary N) is 1. The van der Waals surface area contributed by atoms with Crippen LogP contribution in [0.15, 0.2) is 12.2 Å². The summed E-state index contributed by atoms with van der Waals surface area (Å²) >= 11 is 0. The monoisotopic (exact) mass is 384 g/mol. The van der Waals surface area contributed by atoms with Crippen LogP contribution in [0.3, 0.4) is 0 Å². The summed E-state index contributed by atoms with van der Waals surface area (Å²) in [4.78, 5) is 39.9. The van der Waals surface area contributed by atoms with Crippen LogP contribution in [0.25, 0.3) is 0 Å². The highest BCUT2D eigenvalue weighted by atomic mass is 16.2. The molecular weight excluding hydrogens is 352 g/mol. The molecule has 5 fully saturated rings. The van der Waals surface area contributed by atoms with Gasteiger partial charge in [-0.2, -0.15) is 0 Å². The smallest absolute Gasteiger partial charge is 0.243 e. The Labute approximate surface area is 167 Å². The van der Waals surface area contributed by atoms with Crippen LogP contribution >= 0.6 is 0 Å². The Morgan fingerprint density at radius 2 is 1.43 bits per heavy atom. The van der Waals surface area contributed by atoms with Crippen LogP contribution in [-0.4, -0.2) is 34.7 Å². The van der Waals surface area contributed by atoms with Crippen LogP contribution in [0, 0.1) is 35.0 Å². The highest BCUT2D eigenvalue weighted by Crippen LogP contribution is 2.61. The van der Waals surface area contributed by atoms with Crippen molar-refractivity contribution in [3.63, 3.8) is 0 Å². The summed E-state index contributed by atoms with van der Waals surface area (Å²) in [5.41, 5.74) is 0.223. The van der Waals surface area contributed by atoms with E-state index in [4.69, 9.17) is 0 Å². The van der Waals surface area contributed by atoms with Gasteiger partial charge in [-0.1, -0.05) is 12.2 Å². The molecule has 6 rings (SSSR count). The van der Waals surface area contributed by atoms with E-state index < -0.39 is 6.04 Å². The third kappa shape index (κ3) is 2.68. The Balaban J connectivity index is 1.28. The number of nitrogens with zero attached hydrogens (tertiary/aromatic N) is 1. The largest absolute Gasteiger partial charge is 0.351 e. The van der Waals surface area contributed by atoms with E-state index in [9.17, 15) is 14.4 Å². The van der Waals surface area contributed by atoms with Crippen LogP contribution in [0.5, 0.6) is 0 Å². The fraction of sp³-hybridized carbons (Fsp3) is 0.783. The molecule has 1 saturated heterocycles. The summed E-state index contributed by atoms with van der Waals surface area (Å²) in [5.74, 6) is 1.47. The molecule has 28 heavy (non-hydrogen) atoms. The minimum atomic E-state index is -0.720. The first-order chi connectivity index (χ1) is 13.4. The molecule has 5 nitrogen and oxygen atoms in total. The number of carbonyl (C=O) groups excluding carboxylic acids is 3. The van der Waals surface area contributed by atoms with Crippen LogP contribution in [0.1, 0.15) is 65.2 Å². The lowest BCUT2D eigenvalue weighted by molar-refractivity contribution is -0.148. The summed E-state index contributed by atoms with van der Waals surface area (Å²) in [6.45, 7) is 3.86. The number of rotatable bonds is 4. The van der Waals surface area contributed by atoms with Crippen LogP contribution < -0.4 is 5.32 Å². The molecule has 0 unspecified atom stereocenters. The number of allylic oxidation sites excluding steroid dienone is 2. The molecule has 5 aliphatic carbocycles. The second kappa shape index (κ2) is 6.43. The maximum absolute atomic E-state index is 13.1. The fourth-order valence-electron chi connectivity index (χ4n) is 7.52. The van der Waals surface area contributed by atoms with Crippen molar-refractivity contribution in [1.82, 2.24) is 10.2 Å². The lowest BCUT2D eigenvalue weighted by Gasteiger charge is -2.59. The summed E-state index contributed by atoms with van der Waals surface area (Å²) in [6.07, 6.45) is 13.0. The average molecular weight is 385 g/mol. The second-order valence-electron chi connectivity index (χ2n) is 10.4. The number of amides is 3. The van der Waals surface area contributed by atoms with Gasteiger partial charge in [0, 0.05) is 6.04 Å². The van der Waals surface area contributed by atoms with Crippen LogP contribution in [0.2, 0.25) is 0 Å². The van der Waals surface area contributed by atoms with Gasteiger partial charge in [0.1, 0.15) is 6.04 Å². The van der Waals surface area contributed by atoms with E-state index in [1.807, 2.05) is 12.2 Å². The SMILES string of the molecule is C[C@H](NC(=O)[C@H](C)N1C(=O)[C@H]2CC=CC[C@H]2C1=O)C12CC3CC(CC(C3)C1)C2. The molecular formula is C23H32N2O3. The molecule has 3 amide bonds. The van der Waals surface area contributed by atoms with Crippen LogP contribution in [0.4, 0.5) is 0 Å². The van der Waals surface area contributed by atoms with Gasteiger partial charge in [-0.05, 0) is 88.4 Å². The predicted octanol–water partition coefficient (Wildman–Crippen LogP) is 3.05.